The number of pyridine rings is 1. The van der Waals surface area contributed by atoms with Crippen LogP contribution in [0.5, 0.6) is 5.75 Å². The molecular weight excluding hydrogens is 356 g/mol. The zero-order valence-electron chi connectivity index (χ0n) is 15.7. The van der Waals surface area contributed by atoms with Gasteiger partial charge in [0.15, 0.2) is 0 Å². The summed E-state index contributed by atoms with van der Waals surface area (Å²) in [6, 6.07) is 11.0. The van der Waals surface area contributed by atoms with Crippen LogP contribution in [0.15, 0.2) is 42.0 Å². The summed E-state index contributed by atoms with van der Waals surface area (Å²) in [5, 5.41) is 4.59. The third-order valence-corrected chi connectivity index (χ3v) is 5.83. The van der Waals surface area contributed by atoms with E-state index in [9.17, 15) is 0 Å². The molecule has 142 valence electrons. The Balaban J connectivity index is 1.54. The first-order valence-corrected chi connectivity index (χ1v) is 10.5. The van der Waals surface area contributed by atoms with E-state index in [0.717, 1.165) is 48.5 Å². The van der Waals surface area contributed by atoms with E-state index in [1.54, 1.807) is 11.3 Å². The Bertz CT molecular complexity index is 862. The molecule has 0 spiro atoms. The smallest absolute Gasteiger partial charge is 0.120 e. The Labute approximate surface area is 164 Å². The minimum absolute atomic E-state index is 0.589. The van der Waals surface area contributed by atoms with Crippen LogP contribution in [0.2, 0.25) is 0 Å². The molecule has 27 heavy (non-hydrogen) atoms. The van der Waals surface area contributed by atoms with Gasteiger partial charge < -0.3 is 10.1 Å². The van der Waals surface area contributed by atoms with Gasteiger partial charge in [0.25, 0.3) is 0 Å². The van der Waals surface area contributed by atoms with Gasteiger partial charge in [0.2, 0.25) is 0 Å². The van der Waals surface area contributed by atoms with Crippen LogP contribution in [-0.4, -0.2) is 40.6 Å². The first-order chi connectivity index (χ1) is 13.3. The molecule has 0 amide bonds. The number of hydrogen-bond acceptors (Lipinski definition) is 6. The average Bonchev–Trinajstić information content (AvgIpc) is 3.22. The molecule has 5 nitrogen and oxygen atoms in total. The second kappa shape index (κ2) is 8.78. The molecule has 1 fully saturated rings. The number of nitrogens with one attached hydrogen (secondary N) is 1. The predicted molar refractivity (Wildman–Crippen MR) is 110 cm³/mol. The Morgan fingerprint density at radius 3 is 2.85 bits per heavy atom. The average molecular weight is 383 g/mol. The summed E-state index contributed by atoms with van der Waals surface area (Å²) in [7, 11) is 0. The van der Waals surface area contributed by atoms with Crippen molar-refractivity contribution in [2.24, 2.45) is 0 Å². The van der Waals surface area contributed by atoms with Gasteiger partial charge in [-0.3, -0.25) is 14.9 Å². The van der Waals surface area contributed by atoms with Crippen molar-refractivity contribution >= 4 is 22.2 Å². The summed E-state index contributed by atoms with van der Waals surface area (Å²) < 4.78 is 5.60. The number of fused-ring (bicyclic) bond motifs is 1. The number of thiazole rings is 1. The van der Waals surface area contributed by atoms with Crippen molar-refractivity contribution in [3.8, 4) is 5.75 Å². The number of ether oxygens (including phenoxy) is 1. The Morgan fingerprint density at radius 2 is 2.07 bits per heavy atom. The zero-order valence-corrected chi connectivity index (χ0v) is 16.5. The third-order valence-electron chi connectivity index (χ3n) is 5.06. The van der Waals surface area contributed by atoms with Crippen LogP contribution < -0.4 is 10.1 Å². The van der Waals surface area contributed by atoms with Crippen molar-refractivity contribution in [1.82, 2.24) is 20.2 Å². The number of nitrogens with zero attached hydrogens (tertiary/aromatic N) is 3. The number of hydrogen-bond donors (Lipinski definition) is 1. The van der Waals surface area contributed by atoms with Crippen molar-refractivity contribution in [1.29, 1.82) is 0 Å². The van der Waals surface area contributed by atoms with Crippen molar-refractivity contribution in [2.45, 2.75) is 38.9 Å². The van der Waals surface area contributed by atoms with E-state index >= 15 is 0 Å². The van der Waals surface area contributed by atoms with E-state index in [2.05, 4.69) is 39.5 Å². The summed E-state index contributed by atoms with van der Waals surface area (Å²) in [6.07, 6.45) is 4.36. The molecule has 4 rings (SSSR count). The van der Waals surface area contributed by atoms with Crippen LogP contribution in [-0.2, 0) is 13.1 Å². The second-order valence-electron chi connectivity index (χ2n) is 6.94. The molecule has 0 bridgehead atoms. The van der Waals surface area contributed by atoms with Gasteiger partial charge >= 0.3 is 0 Å². The zero-order chi connectivity index (χ0) is 18.5. The maximum atomic E-state index is 5.60. The van der Waals surface area contributed by atoms with E-state index in [1.807, 2.05) is 24.7 Å². The van der Waals surface area contributed by atoms with Gasteiger partial charge in [0, 0.05) is 35.6 Å². The van der Waals surface area contributed by atoms with Crippen LogP contribution in [0, 0.1) is 0 Å². The standard InChI is InChI=1S/C21H26N4OS/c1-2-26-19-5-6-21-16(11-19)3-4-17(24-21)13-25(14-20-12-23-15-27-20)18-7-9-22-10-8-18/h3-6,11-12,15,18,22H,2,7-10,13-14H2,1H3. The molecule has 1 aliphatic rings. The van der Waals surface area contributed by atoms with E-state index in [1.165, 1.54) is 17.7 Å². The van der Waals surface area contributed by atoms with Gasteiger partial charge in [-0.1, -0.05) is 6.07 Å². The Hall–Kier alpha value is -2.02. The molecule has 0 atom stereocenters. The Kier molecular flexibility index (Phi) is 5.97. The molecule has 1 aliphatic heterocycles. The maximum Gasteiger partial charge on any atom is 0.120 e. The van der Waals surface area contributed by atoms with E-state index in [4.69, 9.17) is 9.72 Å². The van der Waals surface area contributed by atoms with Crippen LogP contribution in [0.25, 0.3) is 10.9 Å². The molecule has 0 unspecified atom stereocenters. The lowest BCUT2D eigenvalue weighted by molar-refractivity contribution is 0.145. The summed E-state index contributed by atoms with van der Waals surface area (Å²) >= 11 is 1.73. The fourth-order valence-corrected chi connectivity index (χ4v) is 4.32. The first-order valence-electron chi connectivity index (χ1n) is 9.66. The van der Waals surface area contributed by atoms with Gasteiger partial charge in [-0.25, -0.2) is 0 Å². The molecule has 0 saturated carbocycles. The molecule has 1 aromatic carbocycles. The van der Waals surface area contributed by atoms with E-state index in [-0.39, 0.29) is 0 Å². The van der Waals surface area contributed by atoms with Gasteiger partial charge in [0.05, 0.1) is 23.3 Å². The lowest BCUT2D eigenvalue weighted by atomic mass is 10.0. The lowest BCUT2D eigenvalue weighted by Gasteiger charge is -2.34. The maximum absolute atomic E-state index is 5.60. The highest BCUT2D eigenvalue weighted by atomic mass is 32.1. The molecule has 3 heterocycles. The second-order valence-corrected chi connectivity index (χ2v) is 7.91. The highest BCUT2D eigenvalue weighted by Crippen LogP contribution is 2.23. The first kappa shape index (κ1) is 18.3. The summed E-state index contributed by atoms with van der Waals surface area (Å²) in [6.45, 7) is 6.68. The van der Waals surface area contributed by atoms with Crippen molar-refractivity contribution in [3.63, 3.8) is 0 Å². The van der Waals surface area contributed by atoms with Crippen LogP contribution >= 0.6 is 11.3 Å². The molecule has 0 aliphatic carbocycles. The molecule has 2 aromatic heterocycles. The molecule has 6 heteroatoms. The van der Waals surface area contributed by atoms with Crippen LogP contribution in [0.4, 0.5) is 0 Å². The van der Waals surface area contributed by atoms with Gasteiger partial charge in [-0.2, -0.15) is 0 Å². The Morgan fingerprint density at radius 1 is 1.19 bits per heavy atom. The summed E-state index contributed by atoms with van der Waals surface area (Å²) in [5.74, 6) is 0.904. The van der Waals surface area contributed by atoms with Gasteiger partial charge in [0.1, 0.15) is 5.75 Å². The normalized spacial score (nSPS) is 15.5. The van der Waals surface area contributed by atoms with E-state index < -0.39 is 0 Å². The predicted octanol–water partition coefficient (Wildman–Crippen LogP) is 3.84. The molecule has 1 saturated heterocycles. The highest BCUT2D eigenvalue weighted by Gasteiger charge is 2.22. The minimum atomic E-state index is 0.589. The third kappa shape index (κ3) is 4.64. The fraction of sp³-hybridized carbons (Fsp3) is 0.429. The lowest BCUT2D eigenvalue weighted by Crippen LogP contribution is -2.42. The topological polar surface area (TPSA) is 50.3 Å². The van der Waals surface area contributed by atoms with Crippen molar-refractivity contribution in [3.05, 3.63) is 52.6 Å². The van der Waals surface area contributed by atoms with Crippen LogP contribution in [0.1, 0.15) is 30.3 Å². The largest absolute Gasteiger partial charge is 0.494 e. The highest BCUT2D eigenvalue weighted by molar-refractivity contribution is 7.09. The van der Waals surface area contributed by atoms with E-state index in [0.29, 0.717) is 12.6 Å². The fourth-order valence-electron chi connectivity index (χ4n) is 3.70. The SMILES string of the molecule is CCOc1ccc2nc(CN(Cc3cncs3)C3CCNCC3)ccc2c1. The summed E-state index contributed by atoms with van der Waals surface area (Å²) in [5.41, 5.74) is 4.06. The molecule has 1 N–H and O–H groups in total. The van der Waals surface area contributed by atoms with Gasteiger partial charge in [-0.05, 0) is 57.1 Å². The molecule has 0 radical (unpaired) electrons. The van der Waals surface area contributed by atoms with Crippen molar-refractivity contribution < 1.29 is 4.74 Å². The minimum Gasteiger partial charge on any atom is -0.494 e. The van der Waals surface area contributed by atoms with Gasteiger partial charge in [-0.15, -0.1) is 11.3 Å². The number of benzene rings is 1. The molecular formula is C21H26N4OS. The number of rotatable bonds is 7. The quantitative estimate of drug-likeness (QED) is 0.673. The number of piperidine rings is 1. The summed E-state index contributed by atoms with van der Waals surface area (Å²) in [4.78, 5) is 13.0. The monoisotopic (exact) mass is 382 g/mol. The van der Waals surface area contributed by atoms with Crippen molar-refractivity contribution in [2.75, 3.05) is 19.7 Å². The van der Waals surface area contributed by atoms with Crippen LogP contribution in [0.3, 0.4) is 0 Å². The number of aromatic nitrogens is 2. The molecule has 3 aromatic rings.